The number of hydrogen-bond acceptors (Lipinski definition) is 8. The quantitative estimate of drug-likeness (QED) is 0.175. The van der Waals surface area contributed by atoms with Crippen LogP contribution >= 0.6 is 11.6 Å². The summed E-state index contributed by atoms with van der Waals surface area (Å²) in [6, 6.07) is 14.2. The van der Waals surface area contributed by atoms with Crippen LogP contribution in [0.1, 0.15) is 24.8 Å². The molecule has 202 valence electrons. The van der Waals surface area contributed by atoms with Crippen LogP contribution in [0.2, 0.25) is 5.02 Å². The molecular weight excluding hydrogens is 525 g/mol. The summed E-state index contributed by atoms with van der Waals surface area (Å²) in [5, 5.41) is 15.9. The first-order valence-corrected chi connectivity index (χ1v) is 13.1. The highest BCUT2D eigenvalue weighted by molar-refractivity contribution is 6.32. The predicted octanol–water partition coefficient (Wildman–Crippen LogP) is 6.52. The molecule has 4 aromatic rings. The van der Waals surface area contributed by atoms with Crippen molar-refractivity contribution in [1.29, 1.82) is 0 Å². The molecule has 0 radical (unpaired) electrons. The Hall–Kier alpha value is -4.02. The average Bonchev–Trinajstić information content (AvgIpc) is 2.94. The maximum atomic E-state index is 13.1. The summed E-state index contributed by atoms with van der Waals surface area (Å²) in [5.74, 6) is 0.714. The molecule has 5 rings (SSSR count). The Morgan fingerprint density at radius 3 is 2.54 bits per heavy atom. The molecule has 9 nitrogen and oxygen atoms in total. The highest BCUT2D eigenvalue weighted by Gasteiger charge is 2.20. The van der Waals surface area contributed by atoms with E-state index in [-0.39, 0.29) is 23.9 Å². The predicted molar refractivity (Wildman–Crippen MR) is 147 cm³/mol. The fraction of sp³-hybridized carbons (Fsp3) is 0.286. The standard InChI is InChI=1S/C28H27ClFN5O4/c29-23-14-21(8-9-26(23)39-17-19-4-6-20(30)7-5-19)33-28-22-15-25(35(36)37)27(16-24(22)31-18-32-28)38-13-12-34-10-2-1-3-11-34/h4-9,14-16,18H,1-3,10-13,17H2,(H,31,32,33). The number of nitro benzene ring substituents is 1. The lowest BCUT2D eigenvalue weighted by Gasteiger charge is -2.26. The van der Waals surface area contributed by atoms with Crippen LogP contribution in [-0.4, -0.2) is 46.0 Å². The zero-order chi connectivity index (χ0) is 27.2. The van der Waals surface area contributed by atoms with Crippen molar-refractivity contribution in [1.82, 2.24) is 14.9 Å². The molecule has 0 aliphatic carbocycles. The summed E-state index contributed by atoms with van der Waals surface area (Å²) >= 11 is 6.43. The average molecular weight is 552 g/mol. The van der Waals surface area contributed by atoms with Gasteiger partial charge in [0.25, 0.3) is 0 Å². The normalized spacial score (nSPS) is 13.8. The number of nitro groups is 1. The first kappa shape index (κ1) is 26.6. The Morgan fingerprint density at radius 1 is 1.00 bits per heavy atom. The lowest BCUT2D eigenvalue weighted by Crippen LogP contribution is -2.33. The van der Waals surface area contributed by atoms with Crippen molar-refractivity contribution in [2.75, 3.05) is 31.6 Å². The van der Waals surface area contributed by atoms with Gasteiger partial charge in [0.2, 0.25) is 0 Å². The van der Waals surface area contributed by atoms with Crippen LogP contribution < -0.4 is 14.8 Å². The van der Waals surface area contributed by atoms with E-state index in [1.54, 1.807) is 36.4 Å². The van der Waals surface area contributed by atoms with Gasteiger partial charge in [-0.15, -0.1) is 0 Å². The molecule has 1 aromatic heterocycles. The fourth-order valence-electron chi connectivity index (χ4n) is 4.47. The number of anilines is 2. The third-order valence-electron chi connectivity index (χ3n) is 6.53. The van der Waals surface area contributed by atoms with Gasteiger partial charge in [0.15, 0.2) is 5.75 Å². The Bertz CT molecular complexity index is 1460. The van der Waals surface area contributed by atoms with E-state index in [1.165, 1.54) is 43.8 Å². The molecule has 1 aliphatic rings. The number of likely N-dealkylation sites (tertiary alicyclic amines) is 1. The number of fused-ring (bicyclic) bond motifs is 1. The van der Waals surface area contributed by atoms with Gasteiger partial charge in [-0.25, -0.2) is 14.4 Å². The number of halogens is 2. The van der Waals surface area contributed by atoms with Gasteiger partial charge in [0, 0.05) is 24.4 Å². The second-order valence-corrected chi connectivity index (χ2v) is 9.66. The molecule has 0 unspecified atom stereocenters. The van der Waals surface area contributed by atoms with Gasteiger partial charge < -0.3 is 14.8 Å². The van der Waals surface area contributed by atoms with E-state index in [1.807, 2.05) is 0 Å². The van der Waals surface area contributed by atoms with Crippen molar-refractivity contribution in [3.8, 4) is 11.5 Å². The first-order chi connectivity index (χ1) is 19.0. The van der Waals surface area contributed by atoms with Crippen LogP contribution in [0.5, 0.6) is 11.5 Å². The van der Waals surface area contributed by atoms with Crippen LogP contribution in [0.25, 0.3) is 10.9 Å². The van der Waals surface area contributed by atoms with Crippen LogP contribution in [0, 0.1) is 15.9 Å². The topological polar surface area (TPSA) is 103 Å². The molecule has 0 atom stereocenters. The minimum absolute atomic E-state index is 0.151. The van der Waals surface area contributed by atoms with Crippen LogP contribution in [0.4, 0.5) is 21.6 Å². The Kier molecular flexibility index (Phi) is 8.33. The van der Waals surface area contributed by atoms with Gasteiger partial charge in [-0.05, 0) is 61.8 Å². The van der Waals surface area contributed by atoms with E-state index in [2.05, 4.69) is 20.2 Å². The number of nitrogens with one attached hydrogen (secondary N) is 1. The highest BCUT2D eigenvalue weighted by atomic mass is 35.5. The van der Waals surface area contributed by atoms with Crippen molar-refractivity contribution in [3.63, 3.8) is 0 Å². The summed E-state index contributed by atoms with van der Waals surface area (Å²) in [5.41, 5.74) is 1.77. The summed E-state index contributed by atoms with van der Waals surface area (Å²) in [4.78, 5) is 22.3. The minimum Gasteiger partial charge on any atom is -0.487 e. The smallest absolute Gasteiger partial charge is 0.311 e. The number of rotatable bonds is 10. The molecule has 0 saturated carbocycles. The molecule has 1 saturated heterocycles. The second kappa shape index (κ2) is 12.2. The van der Waals surface area contributed by atoms with E-state index in [4.69, 9.17) is 21.1 Å². The zero-order valence-electron chi connectivity index (χ0n) is 21.1. The summed E-state index contributed by atoms with van der Waals surface area (Å²) in [7, 11) is 0. The van der Waals surface area contributed by atoms with Crippen LogP contribution in [0.15, 0.2) is 60.9 Å². The van der Waals surface area contributed by atoms with Crippen LogP contribution in [0.3, 0.4) is 0 Å². The van der Waals surface area contributed by atoms with Gasteiger partial charge in [-0.1, -0.05) is 30.2 Å². The lowest BCUT2D eigenvalue weighted by atomic mass is 10.1. The number of ether oxygens (including phenoxy) is 2. The zero-order valence-corrected chi connectivity index (χ0v) is 21.9. The van der Waals surface area contributed by atoms with E-state index < -0.39 is 4.92 Å². The van der Waals surface area contributed by atoms with E-state index in [0.29, 0.717) is 39.8 Å². The molecule has 0 amide bonds. The highest BCUT2D eigenvalue weighted by Crippen LogP contribution is 2.36. The van der Waals surface area contributed by atoms with E-state index in [9.17, 15) is 14.5 Å². The lowest BCUT2D eigenvalue weighted by molar-refractivity contribution is -0.385. The third-order valence-corrected chi connectivity index (χ3v) is 6.82. The van der Waals surface area contributed by atoms with E-state index >= 15 is 0 Å². The summed E-state index contributed by atoms with van der Waals surface area (Å²) in [6.45, 7) is 3.36. The van der Waals surface area contributed by atoms with Gasteiger partial charge in [-0.3, -0.25) is 15.0 Å². The van der Waals surface area contributed by atoms with Gasteiger partial charge >= 0.3 is 5.69 Å². The molecule has 1 fully saturated rings. The monoisotopic (exact) mass is 551 g/mol. The summed E-state index contributed by atoms with van der Waals surface area (Å²) in [6.07, 6.45) is 4.96. The van der Waals surface area contributed by atoms with Crippen molar-refractivity contribution in [3.05, 3.63) is 87.4 Å². The molecule has 39 heavy (non-hydrogen) atoms. The molecule has 0 spiro atoms. The molecule has 3 aromatic carbocycles. The molecule has 1 N–H and O–H groups in total. The molecule has 1 aliphatic heterocycles. The van der Waals surface area contributed by atoms with Gasteiger partial charge in [-0.2, -0.15) is 0 Å². The first-order valence-electron chi connectivity index (χ1n) is 12.7. The fourth-order valence-corrected chi connectivity index (χ4v) is 4.71. The molecule has 2 heterocycles. The molecule has 11 heteroatoms. The Labute approximate surface area is 229 Å². The number of nitrogens with zero attached hydrogens (tertiary/aromatic N) is 4. The van der Waals surface area contributed by atoms with Crippen molar-refractivity contribution in [2.24, 2.45) is 0 Å². The number of aromatic nitrogens is 2. The maximum absolute atomic E-state index is 13.1. The van der Waals surface area contributed by atoms with Crippen molar-refractivity contribution >= 4 is 39.7 Å². The largest absolute Gasteiger partial charge is 0.487 e. The SMILES string of the molecule is O=[N+]([O-])c1cc2c(Nc3ccc(OCc4ccc(F)cc4)c(Cl)c3)ncnc2cc1OCCN1CCCCC1. The van der Waals surface area contributed by atoms with Crippen molar-refractivity contribution in [2.45, 2.75) is 25.9 Å². The molecular formula is C28H27ClFN5O4. The molecule has 0 bridgehead atoms. The van der Waals surface area contributed by atoms with Crippen LogP contribution in [-0.2, 0) is 6.61 Å². The van der Waals surface area contributed by atoms with E-state index in [0.717, 1.165) is 25.2 Å². The minimum atomic E-state index is -0.462. The number of benzene rings is 3. The second-order valence-electron chi connectivity index (χ2n) is 9.25. The van der Waals surface area contributed by atoms with Gasteiger partial charge in [0.05, 0.1) is 20.8 Å². The van der Waals surface area contributed by atoms with Gasteiger partial charge in [0.1, 0.15) is 36.9 Å². The Morgan fingerprint density at radius 2 is 1.79 bits per heavy atom. The maximum Gasteiger partial charge on any atom is 0.311 e. The summed E-state index contributed by atoms with van der Waals surface area (Å²) < 4.78 is 24.7. The Balaban J connectivity index is 1.31. The number of piperidine rings is 1. The number of hydrogen-bond donors (Lipinski definition) is 1. The third kappa shape index (κ3) is 6.71. The van der Waals surface area contributed by atoms with Crippen molar-refractivity contribution < 1.29 is 18.8 Å².